The maximum atomic E-state index is 11.9. The molecule has 0 aliphatic heterocycles. The topological polar surface area (TPSA) is 123 Å². The summed E-state index contributed by atoms with van der Waals surface area (Å²) in [6.07, 6.45) is 3.47. The van der Waals surface area contributed by atoms with Gasteiger partial charge in [0.15, 0.2) is 5.13 Å². The average Bonchev–Trinajstić information content (AvgIpc) is 3.23. The predicted molar refractivity (Wildman–Crippen MR) is 96.2 cm³/mol. The molecule has 25 heavy (non-hydrogen) atoms. The third-order valence-corrected chi connectivity index (χ3v) is 4.71. The number of anilines is 1. The molecule has 8 nitrogen and oxygen atoms in total. The second kappa shape index (κ2) is 7.81. The summed E-state index contributed by atoms with van der Waals surface area (Å²) in [6, 6.07) is 3.37. The molecule has 0 aliphatic carbocycles. The molecule has 0 aromatic carbocycles. The monoisotopic (exact) mass is 374 g/mol. The molecule has 0 saturated carbocycles. The second-order valence-corrected chi connectivity index (χ2v) is 6.76. The zero-order valence-corrected chi connectivity index (χ0v) is 14.6. The number of nitrogens with one attached hydrogen (secondary N) is 2. The van der Waals surface area contributed by atoms with Crippen LogP contribution in [-0.4, -0.2) is 26.9 Å². The number of hydrogen-bond acceptors (Lipinski definition) is 7. The van der Waals surface area contributed by atoms with Crippen molar-refractivity contribution in [2.75, 3.05) is 5.32 Å². The van der Waals surface area contributed by atoms with Gasteiger partial charge in [0.05, 0.1) is 24.4 Å². The van der Waals surface area contributed by atoms with Gasteiger partial charge < -0.3 is 11.1 Å². The van der Waals surface area contributed by atoms with Crippen molar-refractivity contribution in [3.63, 3.8) is 0 Å². The Hall–Kier alpha value is -2.85. The lowest BCUT2D eigenvalue weighted by molar-refractivity contribution is -0.117. The SMILES string of the molecule is NC(=O)Cc1csc(NC(=O)NCc2nc(-c3ccncc3)cs2)n1. The van der Waals surface area contributed by atoms with Gasteiger partial charge in [-0.15, -0.1) is 22.7 Å². The van der Waals surface area contributed by atoms with Crippen molar-refractivity contribution >= 4 is 39.7 Å². The number of primary amides is 1. The van der Waals surface area contributed by atoms with Crippen molar-refractivity contribution in [2.45, 2.75) is 13.0 Å². The van der Waals surface area contributed by atoms with E-state index < -0.39 is 5.91 Å². The van der Waals surface area contributed by atoms with Gasteiger partial charge in [-0.25, -0.2) is 14.8 Å². The number of hydrogen-bond donors (Lipinski definition) is 3. The van der Waals surface area contributed by atoms with Gasteiger partial charge in [-0.3, -0.25) is 15.1 Å². The molecule has 3 rings (SSSR count). The lowest BCUT2D eigenvalue weighted by atomic mass is 10.2. The Morgan fingerprint density at radius 1 is 1.12 bits per heavy atom. The van der Waals surface area contributed by atoms with Crippen LogP contribution in [0.25, 0.3) is 11.3 Å². The fourth-order valence-corrected chi connectivity index (χ4v) is 3.42. The van der Waals surface area contributed by atoms with Crippen molar-refractivity contribution in [2.24, 2.45) is 5.73 Å². The molecule has 3 aromatic heterocycles. The maximum absolute atomic E-state index is 11.9. The zero-order chi connectivity index (χ0) is 17.6. The van der Waals surface area contributed by atoms with Crippen molar-refractivity contribution in [1.29, 1.82) is 0 Å². The van der Waals surface area contributed by atoms with E-state index in [4.69, 9.17) is 5.73 Å². The van der Waals surface area contributed by atoms with Crippen LogP contribution in [0.5, 0.6) is 0 Å². The van der Waals surface area contributed by atoms with E-state index in [0.717, 1.165) is 16.3 Å². The Morgan fingerprint density at radius 3 is 2.68 bits per heavy atom. The first kappa shape index (κ1) is 17.0. The van der Waals surface area contributed by atoms with Crippen LogP contribution in [0.2, 0.25) is 0 Å². The van der Waals surface area contributed by atoms with Crippen molar-refractivity contribution < 1.29 is 9.59 Å². The van der Waals surface area contributed by atoms with Gasteiger partial charge in [0, 0.05) is 28.7 Å². The summed E-state index contributed by atoms with van der Waals surface area (Å²) in [7, 11) is 0. The first-order chi connectivity index (χ1) is 12.1. The largest absolute Gasteiger partial charge is 0.369 e. The van der Waals surface area contributed by atoms with E-state index in [0.29, 0.717) is 17.4 Å². The number of nitrogens with zero attached hydrogens (tertiary/aromatic N) is 3. The molecule has 0 spiro atoms. The van der Waals surface area contributed by atoms with Gasteiger partial charge >= 0.3 is 6.03 Å². The molecule has 4 N–H and O–H groups in total. The quantitative estimate of drug-likeness (QED) is 0.609. The van der Waals surface area contributed by atoms with Gasteiger partial charge in [-0.05, 0) is 12.1 Å². The number of urea groups is 1. The molecule has 128 valence electrons. The Labute approximate surface area is 151 Å². The molecule has 3 amide bonds. The summed E-state index contributed by atoms with van der Waals surface area (Å²) in [6.45, 7) is 0.307. The van der Waals surface area contributed by atoms with E-state index in [2.05, 4.69) is 25.6 Å². The predicted octanol–water partition coefficient (Wildman–Crippen LogP) is 2.01. The van der Waals surface area contributed by atoms with Gasteiger partial charge in [0.2, 0.25) is 5.91 Å². The number of carbonyl (C=O) groups excluding carboxylic acids is 2. The second-order valence-electron chi connectivity index (χ2n) is 4.96. The number of thiazole rings is 2. The van der Waals surface area contributed by atoms with Crippen LogP contribution in [0.4, 0.5) is 9.93 Å². The number of aromatic nitrogens is 3. The van der Waals surface area contributed by atoms with Crippen LogP contribution >= 0.6 is 22.7 Å². The minimum Gasteiger partial charge on any atom is -0.369 e. The summed E-state index contributed by atoms with van der Waals surface area (Å²) < 4.78 is 0. The Kier molecular flexibility index (Phi) is 5.31. The highest BCUT2D eigenvalue weighted by Gasteiger charge is 2.09. The average molecular weight is 374 g/mol. The van der Waals surface area contributed by atoms with E-state index in [1.54, 1.807) is 17.8 Å². The molecule has 0 fully saturated rings. The molecule has 0 unspecified atom stereocenters. The molecule has 3 aromatic rings. The molecule has 0 aliphatic rings. The molecular formula is C15H14N6O2S2. The van der Waals surface area contributed by atoms with E-state index >= 15 is 0 Å². The van der Waals surface area contributed by atoms with Crippen LogP contribution in [0, 0.1) is 0 Å². The first-order valence-corrected chi connectivity index (χ1v) is 8.98. The highest BCUT2D eigenvalue weighted by atomic mass is 32.1. The third kappa shape index (κ3) is 4.81. The summed E-state index contributed by atoms with van der Waals surface area (Å²) in [5, 5.41) is 10.2. The molecule has 0 saturated heterocycles. The van der Waals surface area contributed by atoms with E-state index in [-0.39, 0.29) is 12.5 Å². The van der Waals surface area contributed by atoms with E-state index in [1.165, 1.54) is 22.7 Å². The molecule has 3 heterocycles. The Bertz CT molecular complexity index is 877. The Morgan fingerprint density at radius 2 is 1.92 bits per heavy atom. The fraction of sp³-hybridized carbons (Fsp3) is 0.133. The van der Waals surface area contributed by atoms with Crippen molar-refractivity contribution in [1.82, 2.24) is 20.3 Å². The van der Waals surface area contributed by atoms with E-state index in [1.807, 2.05) is 17.5 Å². The van der Waals surface area contributed by atoms with Gasteiger partial charge in [-0.1, -0.05) is 0 Å². The summed E-state index contributed by atoms with van der Waals surface area (Å²) >= 11 is 2.70. The normalized spacial score (nSPS) is 10.4. The highest BCUT2D eigenvalue weighted by molar-refractivity contribution is 7.14. The van der Waals surface area contributed by atoms with Gasteiger partial charge in [-0.2, -0.15) is 0 Å². The van der Waals surface area contributed by atoms with Crippen molar-refractivity contribution in [3.8, 4) is 11.3 Å². The summed E-state index contributed by atoms with van der Waals surface area (Å²) in [4.78, 5) is 35.3. The van der Waals surface area contributed by atoms with Gasteiger partial charge in [0.25, 0.3) is 0 Å². The van der Waals surface area contributed by atoms with Gasteiger partial charge in [0.1, 0.15) is 5.01 Å². The lowest BCUT2D eigenvalue weighted by Gasteiger charge is -2.03. The smallest absolute Gasteiger partial charge is 0.321 e. The zero-order valence-electron chi connectivity index (χ0n) is 12.9. The molecule has 0 radical (unpaired) electrons. The Balaban J connectivity index is 1.52. The summed E-state index contributed by atoms with van der Waals surface area (Å²) in [5.41, 5.74) is 7.47. The molecule has 0 bridgehead atoms. The number of amides is 3. The number of rotatable bonds is 6. The number of carbonyl (C=O) groups is 2. The minimum absolute atomic E-state index is 0.0523. The molecule has 0 atom stereocenters. The first-order valence-electron chi connectivity index (χ1n) is 7.22. The standard InChI is InChI=1S/C15H14N6O2S2/c16-12(22)5-10-7-25-15(19-10)21-14(23)18-6-13-20-11(8-24-13)9-1-3-17-4-2-9/h1-4,7-8H,5-6H2,(H2,16,22)(H2,18,19,21,23). The fourth-order valence-electron chi connectivity index (χ4n) is 1.97. The molecule has 10 heteroatoms. The van der Waals surface area contributed by atoms with Crippen molar-refractivity contribution in [3.05, 3.63) is 46.0 Å². The highest BCUT2D eigenvalue weighted by Crippen LogP contribution is 2.21. The third-order valence-electron chi connectivity index (χ3n) is 3.06. The van der Waals surface area contributed by atoms with Crippen LogP contribution < -0.4 is 16.4 Å². The number of pyridine rings is 1. The van der Waals surface area contributed by atoms with Crippen LogP contribution in [-0.2, 0) is 17.8 Å². The molecular weight excluding hydrogens is 360 g/mol. The van der Waals surface area contributed by atoms with Crippen LogP contribution in [0.15, 0.2) is 35.3 Å². The summed E-state index contributed by atoms with van der Waals surface area (Å²) in [5.74, 6) is -0.463. The van der Waals surface area contributed by atoms with E-state index in [9.17, 15) is 9.59 Å². The number of nitrogens with two attached hydrogens (primary N) is 1. The minimum atomic E-state index is -0.463. The maximum Gasteiger partial charge on any atom is 0.321 e. The van der Waals surface area contributed by atoms with Crippen LogP contribution in [0.3, 0.4) is 0 Å². The lowest BCUT2D eigenvalue weighted by Crippen LogP contribution is -2.28. The van der Waals surface area contributed by atoms with Crippen LogP contribution in [0.1, 0.15) is 10.7 Å².